The molecule has 4 rings (SSSR count). The normalized spacial score (nSPS) is 36.5. The quantitative estimate of drug-likeness (QED) is 0.823. The molecule has 84 valence electrons. The molecule has 0 aromatic heterocycles. The first-order valence-corrected chi connectivity index (χ1v) is 5.54. The minimum absolute atomic E-state index is 0.0438. The molecule has 1 saturated carbocycles. The van der Waals surface area contributed by atoms with Crippen molar-refractivity contribution in [3.63, 3.8) is 0 Å². The smallest absolute Gasteiger partial charge is 0.312 e. The second kappa shape index (κ2) is 3.08. The van der Waals surface area contributed by atoms with Crippen LogP contribution in [0.25, 0.3) is 0 Å². The summed E-state index contributed by atoms with van der Waals surface area (Å²) in [6.45, 7) is 1.03. The number of aliphatic carboxylic acids is 1. The Kier molecular flexibility index (Phi) is 1.89. The van der Waals surface area contributed by atoms with E-state index in [9.17, 15) is 9.90 Å². The number of carboxylic acids is 1. The fraction of sp³-hybridized carbons (Fsp3) is 0.462. The van der Waals surface area contributed by atoms with Crippen molar-refractivity contribution in [1.82, 2.24) is 0 Å². The van der Waals surface area contributed by atoms with E-state index < -0.39 is 11.4 Å². The van der Waals surface area contributed by atoms with Gasteiger partial charge in [0.05, 0.1) is 18.6 Å². The van der Waals surface area contributed by atoms with Crippen molar-refractivity contribution in [2.75, 3.05) is 13.2 Å². The Morgan fingerprint density at radius 2 is 1.88 bits per heavy atom. The second-order valence-electron chi connectivity index (χ2n) is 5.08. The van der Waals surface area contributed by atoms with E-state index in [0.29, 0.717) is 13.2 Å². The number of rotatable bonds is 2. The lowest BCUT2D eigenvalue weighted by Gasteiger charge is -2.58. The Morgan fingerprint density at radius 1 is 1.19 bits per heavy atom. The topological polar surface area (TPSA) is 46.5 Å². The third-order valence-corrected chi connectivity index (χ3v) is 3.95. The van der Waals surface area contributed by atoms with Crippen LogP contribution in [0.5, 0.6) is 0 Å². The average molecular weight is 218 g/mol. The molecular formula is C13H14O3. The van der Waals surface area contributed by atoms with Crippen LogP contribution in [0.15, 0.2) is 30.3 Å². The molecule has 0 amide bonds. The third-order valence-electron chi connectivity index (χ3n) is 3.95. The van der Waals surface area contributed by atoms with E-state index in [0.717, 1.165) is 12.8 Å². The van der Waals surface area contributed by atoms with Crippen LogP contribution in [0.2, 0.25) is 0 Å². The maximum Gasteiger partial charge on any atom is 0.312 e. The van der Waals surface area contributed by atoms with Crippen molar-refractivity contribution in [3.05, 3.63) is 35.9 Å². The highest BCUT2D eigenvalue weighted by molar-refractivity contribution is 5.77. The number of benzene rings is 1. The molecule has 0 radical (unpaired) electrons. The van der Waals surface area contributed by atoms with Crippen LogP contribution in [0.4, 0.5) is 0 Å². The lowest BCUT2D eigenvalue weighted by molar-refractivity contribution is -0.192. The summed E-state index contributed by atoms with van der Waals surface area (Å²) < 4.78 is 5.47. The van der Waals surface area contributed by atoms with Gasteiger partial charge in [-0.1, -0.05) is 30.3 Å². The number of carboxylic acid groups (broad SMARTS) is 1. The van der Waals surface area contributed by atoms with Crippen molar-refractivity contribution in [2.24, 2.45) is 5.41 Å². The van der Waals surface area contributed by atoms with Crippen molar-refractivity contribution in [1.29, 1.82) is 0 Å². The molecular weight excluding hydrogens is 204 g/mol. The number of ether oxygens (including phenoxy) is 1. The Morgan fingerprint density at radius 3 is 2.50 bits per heavy atom. The van der Waals surface area contributed by atoms with Crippen LogP contribution in [0.3, 0.4) is 0 Å². The van der Waals surface area contributed by atoms with Crippen LogP contribution >= 0.6 is 0 Å². The standard InChI is InChI=1S/C13H14O3/c14-11(15)13-6-12(7-13,8-16-9-13)10-4-2-1-3-5-10/h1-5H,6-9H2,(H,14,15). The zero-order chi connectivity index (χ0) is 11.2. The van der Waals surface area contributed by atoms with E-state index in [4.69, 9.17) is 4.74 Å². The van der Waals surface area contributed by atoms with Gasteiger partial charge in [0.15, 0.2) is 0 Å². The molecule has 1 aromatic carbocycles. The lowest BCUT2D eigenvalue weighted by Crippen LogP contribution is -2.62. The molecule has 2 heterocycles. The highest BCUT2D eigenvalue weighted by atomic mass is 16.5. The summed E-state index contributed by atoms with van der Waals surface area (Å²) >= 11 is 0. The summed E-state index contributed by atoms with van der Waals surface area (Å²) in [6.07, 6.45) is 1.44. The van der Waals surface area contributed by atoms with Crippen LogP contribution < -0.4 is 0 Å². The molecule has 2 bridgehead atoms. The molecule has 2 aliphatic heterocycles. The first kappa shape index (κ1) is 9.85. The summed E-state index contributed by atoms with van der Waals surface area (Å²) in [6, 6.07) is 10.1. The van der Waals surface area contributed by atoms with Gasteiger partial charge in [0.1, 0.15) is 0 Å². The molecule has 1 aromatic rings. The molecule has 0 spiro atoms. The molecule has 3 nitrogen and oxygen atoms in total. The highest BCUT2D eigenvalue weighted by Crippen LogP contribution is 2.59. The summed E-state index contributed by atoms with van der Waals surface area (Å²) in [5.41, 5.74) is 0.554. The first-order chi connectivity index (χ1) is 7.67. The molecule has 3 fully saturated rings. The van der Waals surface area contributed by atoms with Crippen molar-refractivity contribution >= 4 is 5.97 Å². The van der Waals surface area contributed by atoms with Gasteiger partial charge in [-0.15, -0.1) is 0 Å². The molecule has 0 unspecified atom stereocenters. The minimum atomic E-state index is -0.709. The predicted octanol–water partition coefficient (Wildman–Crippen LogP) is 1.82. The van der Waals surface area contributed by atoms with E-state index in [2.05, 4.69) is 12.1 Å². The number of carbonyl (C=O) groups is 1. The minimum Gasteiger partial charge on any atom is -0.481 e. The van der Waals surface area contributed by atoms with Crippen LogP contribution in [-0.2, 0) is 14.9 Å². The van der Waals surface area contributed by atoms with Gasteiger partial charge in [-0.05, 0) is 18.4 Å². The van der Waals surface area contributed by atoms with Crippen molar-refractivity contribution in [2.45, 2.75) is 18.3 Å². The first-order valence-electron chi connectivity index (χ1n) is 5.54. The SMILES string of the molecule is O=C(O)C12COCC(c3ccccc3)(C1)C2. The molecule has 2 saturated heterocycles. The monoisotopic (exact) mass is 218 g/mol. The Balaban J connectivity index is 1.92. The van der Waals surface area contributed by atoms with Gasteiger partial charge < -0.3 is 9.84 Å². The van der Waals surface area contributed by atoms with Gasteiger partial charge in [0.25, 0.3) is 0 Å². The average Bonchev–Trinajstić information content (AvgIpc) is 2.29. The molecule has 3 heteroatoms. The molecule has 16 heavy (non-hydrogen) atoms. The molecule has 1 aliphatic carbocycles. The lowest BCUT2D eigenvalue weighted by atomic mass is 9.49. The highest BCUT2D eigenvalue weighted by Gasteiger charge is 2.62. The van der Waals surface area contributed by atoms with E-state index in [1.807, 2.05) is 18.2 Å². The predicted molar refractivity (Wildman–Crippen MR) is 58.2 cm³/mol. The van der Waals surface area contributed by atoms with Crippen molar-refractivity contribution < 1.29 is 14.6 Å². The molecule has 3 aliphatic rings. The van der Waals surface area contributed by atoms with E-state index in [-0.39, 0.29) is 5.41 Å². The van der Waals surface area contributed by atoms with E-state index in [1.54, 1.807) is 0 Å². The molecule has 0 atom stereocenters. The Bertz CT molecular complexity index is 418. The van der Waals surface area contributed by atoms with E-state index >= 15 is 0 Å². The van der Waals surface area contributed by atoms with Gasteiger partial charge in [0, 0.05) is 5.41 Å². The zero-order valence-electron chi connectivity index (χ0n) is 8.98. The Hall–Kier alpha value is -1.35. The zero-order valence-corrected chi connectivity index (χ0v) is 8.98. The maximum absolute atomic E-state index is 11.2. The van der Waals surface area contributed by atoms with Crippen LogP contribution in [0, 0.1) is 5.41 Å². The number of hydrogen-bond acceptors (Lipinski definition) is 2. The second-order valence-corrected chi connectivity index (χ2v) is 5.08. The molecule has 1 N–H and O–H groups in total. The largest absolute Gasteiger partial charge is 0.481 e. The van der Waals surface area contributed by atoms with Gasteiger partial charge >= 0.3 is 5.97 Å². The Labute approximate surface area is 94.0 Å². The van der Waals surface area contributed by atoms with Gasteiger partial charge in [-0.3, -0.25) is 4.79 Å². The summed E-state index contributed by atoms with van der Waals surface area (Å²) in [5, 5.41) is 9.22. The van der Waals surface area contributed by atoms with Gasteiger partial charge in [-0.25, -0.2) is 0 Å². The fourth-order valence-corrected chi connectivity index (χ4v) is 3.18. The summed E-state index contributed by atoms with van der Waals surface area (Å²) in [7, 11) is 0. The van der Waals surface area contributed by atoms with Crippen LogP contribution in [-0.4, -0.2) is 24.3 Å². The van der Waals surface area contributed by atoms with Gasteiger partial charge in [0.2, 0.25) is 0 Å². The van der Waals surface area contributed by atoms with Crippen LogP contribution in [0.1, 0.15) is 18.4 Å². The number of fused-ring (bicyclic) bond motifs is 2. The fourth-order valence-electron chi connectivity index (χ4n) is 3.18. The van der Waals surface area contributed by atoms with Gasteiger partial charge in [-0.2, -0.15) is 0 Å². The summed E-state index contributed by atoms with van der Waals surface area (Å²) in [5.74, 6) is -0.709. The van der Waals surface area contributed by atoms with Crippen molar-refractivity contribution in [3.8, 4) is 0 Å². The summed E-state index contributed by atoms with van der Waals surface area (Å²) in [4.78, 5) is 11.2. The maximum atomic E-state index is 11.2. The van der Waals surface area contributed by atoms with E-state index in [1.165, 1.54) is 5.56 Å². The third kappa shape index (κ3) is 1.15. The number of hydrogen-bond donors (Lipinski definition) is 1.